The Morgan fingerprint density at radius 1 is 0.769 bits per heavy atom. The van der Waals surface area contributed by atoms with Crippen LogP contribution in [0.25, 0.3) is 0 Å². The summed E-state index contributed by atoms with van der Waals surface area (Å²) < 4.78 is 10.6. The van der Waals surface area contributed by atoms with Crippen LogP contribution in [-0.4, -0.2) is 24.6 Å². The van der Waals surface area contributed by atoms with E-state index in [9.17, 15) is 9.59 Å². The van der Waals surface area contributed by atoms with Crippen molar-refractivity contribution in [2.75, 3.05) is 6.61 Å². The quantitative estimate of drug-likeness (QED) is 0.184. The van der Waals surface area contributed by atoms with Gasteiger partial charge in [0.2, 0.25) is 0 Å². The van der Waals surface area contributed by atoms with Crippen LogP contribution in [0.2, 0.25) is 0 Å². The van der Waals surface area contributed by atoms with Crippen molar-refractivity contribution < 1.29 is 19.1 Å². The second kappa shape index (κ2) is 15.0. The zero-order valence-corrected chi connectivity index (χ0v) is 17.9. The molecular formula is C22H42O4. The van der Waals surface area contributed by atoms with E-state index in [0.29, 0.717) is 6.61 Å². The highest BCUT2D eigenvalue weighted by atomic mass is 16.6. The van der Waals surface area contributed by atoms with Gasteiger partial charge in [-0.15, -0.1) is 0 Å². The van der Waals surface area contributed by atoms with Crippen LogP contribution >= 0.6 is 0 Å². The van der Waals surface area contributed by atoms with Crippen molar-refractivity contribution in [1.29, 1.82) is 0 Å². The number of hydrogen-bond donors (Lipinski definition) is 0. The fraction of sp³-hybridized carbons (Fsp3) is 0.909. The molecule has 0 aliphatic carbocycles. The lowest BCUT2D eigenvalue weighted by Gasteiger charge is -2.23. The van der Waals surface area contributed by atoms with E-state index in [2.05, 4.69) is 6.92 Å². The van der Waals surface area contributed by atoms with E-state index in [-0.39, 0.29) is 6.10 Å². The zero-order chi connectivity index (χ0) is 19.8. The molecule has 0 heterocycles. The van der Waals surface area contributed by atoms with E-state index < -0.39 is 17.4 Å². The first-order chi connectivity index (χ1) is 12.4. The van der Waals surface area contributed by atoms with Crippen LogP contribution in [0.3, 0.4) is 0 Å². The van der Waals surface area contributed by atoms with Crippen molar-refractivity contribution in [1.82, 2.24) is 0 Å². The second-order valence-electron chi connectivity index (χ2n) is 7.95. The SMILES string of the molecule is CCCCCCCCCCCCOC(=O)C(C)(C)C(=O)OC(C)CCC. The van der Waals surface area contributed by atoms with E-state index >= 15 is 0 Å². The largest absolute Gasteiger partial charge is 0.465 e. The standard InChI is InChI=1S/C22H42O4/c1-6-8-9-10-11-12-13-14-15-16-18-25-20(23)22(4,5)21(24)26-19(3)17-7-2/h19H,6-18H2,1-5H3. The van der Waals surface area contributed by atoms with E-state index in [0.717, 1.165) is 25.7 Å². The van der Waals surface area contributed by atoms with Crippen molar-refractivity contribution in [3.63, 3.8) is 0 Å². The molecule has 0 saturated carbocycles. The Bertz CT molecular complexity index is 376. The summed E-state index contributed by atoms with van der Waals surface area (Å²) in [5, 5.41) is 0. The van der Waals surface area contributed by atoms with Gasteiger partial charge < -0.3 is 9.47 Å². The Hall–Kier alpha value is -1.06. The Balaban J connectivity index is 3.78. The van der Waals surface area contributed by atoms with Crippen molar-refractivity contribution in [3.8, 4) is 0 Å². The maximum atomic E-state index is 12.2. The van der Waals surface area contributed by atoms with Crippen molar-refractivity contribution in [3.05, 3.63) is 0 Å². The minimum Gasteiger partial charge on any atom is -0.465 e. The van der Waals surface area contributed by atoms with E-state index in [1.54, 1.807) is 13.8 Å². The summed E-state index contributed by atoms with van der Waals surface area (Å²) in [6.45, 7) is 9.67. The van der Waals surface area contributed by atoms with Crippen LogP contribution < -0.4 is 0 Å². The maximum Gasteiger partial charge on any atom is 0.323 e. The highest BCUT2D eigenvalue weighted by Crippen LogP contribution is 2.21. The number of hydrogen-bond acceptors (Lipinski definition) is 4. The highest BCUT2D eigenvalue weighted by molar-refractivity contribution is 5.99. The molecule has 4 nitrogen and oxygen atoms in total. The molecule has 0 fully saturated rings. The molecule has 0 bridgehead atoms. The van der Waals surface area contributed by atoms with Gasteiger partial charge in [0.15, 0.2) is 5.41 Å². The predicted molar refractivity (Wildman–Crippen MR) is 107 cm³/mol. The summed E-state index contributed by atoms with van der Waals surface area (Å²) in [6.07, 6.45) is 14.0. The minimum atomic E-state index is -1.24. The van der Waals surface area contributed by atoms with Crippen LogP contribution in [0.4, 0.5) is 0 Å². The molecule has 0 aromatic heterocycles. The first-order valence-electron chi connectivity index (χ1n) is 10.7. The third kappa shape index (κ3) is 11.5. The van der Waals surface area contributed by atoms with Crippen molar-refractivity contribution in [2.24, 2.45) is 5.41 Å². The van der Waals surface area contributed by atoms with E-state index in [4.69, 9.17) is 9.47 Å². The maximum absolute atomic E-state index is 12.2. The summed E-state index contributed by atoms with van der Waals surface area (Å²) in [7, 11) is 0. The molecule has 0 amide bonds. The molecule has 0 spiro atoms. The summed E-state index contributed by atoms with van der Waals surface area (Å²) in [4.78, 5) is 24.4. The fourth-order valence-corrected chi connectivity index (χ4v) is 2.81. The first-order valence-corrected chi connectivity index (χ1v) is 10.7. The average molecular weight is 371 g/mol. The third-order valence-electron chi connectivity index (χ3n) is 4.76. The van der Waals surface area contributed by atoms with Crippen LogP contribution in [0.15, 0.2) is 0 Å². The number of rotatable bonds is 16. The van der Waals surface area contributed by atoms with Crippen LogP contribution in [0, 0.1) is 5.41 Å². The van der Waals surface area contributed by atoms with Crippen LogP contribution in [0.5, 0.6) is 0 Å². The molecule has 0 aliphatic rings. The molecule has 0 radical (unpaired) electrons. The lowest BCUT2D eigenvalue weighted by Crippen LogP contribution is -2.38. The van der Waals surface area contributed by atoms with Gasteiger partial charge in [0.05, 0.1) is 12.7 Å². The van der Waals surface area contributed by atoms with Crippen molar-refractivity contribution >= 4 is 11.9 Å². The lowest BCUT2D eigenvalue weighted by atomic mass is 9.94. The zero-order valence-electron chi connectivity index (χ0n) is 17.9. The summed E-state index contributed by atoms with van der Waals surface area (Å²) in [6, 6.07) is 0. The molecule has 154 valence electrons. The van der Waals surface area contributed by atoms with Crippen molar-refractivity contribution in [2.45, 2.75) is 118 Å². The lowest BCUT2D eigenvalue weighted by molar-refractivity contribution is -0.172. The summed E-state index contributed by atoms with van der Waals surface area (Å²) >= 11 is 0. The monoisotopic (exact) mass is 370 g/mol. The molecule has 1 unspecified atom stereocenters. The van der Waals surface area contributed by atoms with Gasteiger partial charge in [-0.2, -0.15) is 0 Å². The molecule has 26 heavy (non-hydrogen) atoms. The van der Waals surface area contributed by atoms with E-state index in [1.807, 2.05) is 13.8 Å². The molecule has 0 aromatic carbocycles. The van der Waals surface area contributed by atoms with Gasteiger partial charge in [0, 0.05) is 0 Å². The predicted octanol–water partition coefficient (Wildman–Crippen LogP) is 6.21. The molecule has 1 atom stereocenters. The summed E-state index contributed by atoms with van der Waals surface area (Å²) in [5.41, 5.74) is -1.24. The molecule has 4 heteroatoms. The second-order valence-corrected chi connectivity index (χ2v) is 7.95. The van der Waals surface area contributed by atoms with E-state index in [1.165, 1.54) is 51.4 Å². The van der Waals surface area contributed by atoms with Gasteiger partial charge in [-0.05, 0) is 33.6 Å². The smallest absolute Gasteiger partial charge is 0.323 e. The Morgan fingerprint density at radius 3 is 1.77 bits per heavy atom. The number of esters is 2. The minimum absolute atomic E-state index is 0.165. The topological polar surface area (TPSA) is 52.6 Å². The third-order valence-corrected chi connectivity index (χ3v) is 4.76. The molecule has 0 saturated heterocycles. The molecule has 0 rings (SSSR count). The molecular weight excluding hydrogens is 328 g/mol. The molecule has 0 N–H and O–H groups in total. The number of carbonyl (C=O) groups is 2. The van der Waals surface area contributed by atoms with Gasteiger partial charge in [-0.1, -0.05) is 78.1 Å². The Labute approximate surface area is 161 Å². The fourth-order valence-electron chi connectivity index (χ4n) is 2.81. The Morgan fingerprint density at radius 2 is 1.27 bits per heavy atom. The number of unbranched alkanes of at least 4 members (excludes halogenated alkanes) is 9. The van der Waals surface area contributed by atoms with Gasteiger partial charge >= 0.3 is 11.9 Å². The van der Waals surface area contributed by atoms with Gasteiger partial charge in [0.1, 0.15) is 0 Å². The van der Waals surface area contributed by atoms with Gasteiger partial charge in [0.25, 0.3) is 0 Å². The first kappa shape index (κ1) is 24.9. The number of ether oxygens (including phenoxy) is 2. The van der Waals surface area contributed by atoms with Crippen LogP contribution in [-0.2, 0) is 19.1 Å². The molecule has 0 aliphatic heterocycles. The summed E-state index contributed by atoms with van der Waals surface area (Å²) in [5.74, 6) is -0.978. The van der Waals surface area contributed by atoms with Gasteiger partial charge in [-0.25, -0.2) is 0 Å². The average Bonchev–Trinajstić information content (AvgIpc) is 2.59. The Kier molecular flexibility index (Phi) is 14.4. The number of carbonyl (C=O) groups excluding carboxylic acids is 2. The molecule has 0 aromatic rings. The normalized spacial score (nSPS) is 12.7. The highest BCUT2D eigenvalue weighted by Gasteiger charge is 2.40. The van der Waals surface area contributed by atoms with Gasteiger partial charge in [-0.3, -0.25) is 9.59 Å². The van der Waals surface area contributed by atoms with Crippen LogP contribution in [0.1, 0.15) is 112 Å².